The Kier molecular flexibility index (Phi) is 5.07. The smallest absolute Gasteiger partial charge is 0.137 e. The van der Waals surface area contributed by atoms with Gasteiger partial charge in [-0.1, -0.05) is 36.4 Å². The molecule has 4 nitrogen and oxygen atoms in total. The molecule has 4 aromatic rings. The molecule has 2 aromatic carbocycles. The van der Waals surface area contributed by atoms with E-state index >= 15 is 0 Å². The van der Waals surface area contributed by atoms with E-state index in [1.54, 1.807) is 12.1 Å². The highest BCUT2D eigenvalue weighted by Crippen LogP contribution is 2.31. The third kappa shape index (κ3) is 3.86. The number of fused-ring (bicyclic) bond motifs is 1. The molecule has 1 aliphatic rings. The number of nitrogens with one attached hydrogen (secondary N) is 1. The summed E-state index contributed by atoms with van der Waals surface area (Å²) in [6, 6.07) is 17.6. The van der Waals surface area contributed by atoms with Crippen LogP contribution in [0.4, 0.5) is 4.39 Å². The van der Waals surface area contributed by atoms with Crippen molar-refractivity contribution in [3.05, 3.63) is 78.4 Å². The predicted octanol–water partition coefficient (Wildman–Crippen LogP) is 4.78. The van der Waals surface area contributed by atoms with Crippen molar-refractivity contribution in [2.24, 2.45) is 0 Å². The van der Waals surface area contributed by atoms with Crippen molar-refractivity contribution in [2.75, 3.05) is 33.2 Å². The maximum atomic E-state index is 13.7. The van der Waals surface area contributed by atoms with Crippen molar-refractivity contribution in [2.45, 2.75) is 6.54 Å². The molecule has 1 aliphatic heterocycles. The zero-order chi connectivity index (χ0) is 20.5. The van der Waals surface area contributed by atoms with E-state index in [4.69, 9.17) is 0 Å². The van der Waals surface area contributed by atoms with E-state index in [2.05, 4.69) is 57.1 Å². The summed E-state index contributed by atoms with van der Waals surface area (Å²) in [6.45, 7) is 5.50. The Morgan fingerprint density at radius 1 is 0.933 bits per heavy atom. The van der Waals surface area contributed by atoms with Crippen LogP contribution in [-0.4, -0.2) is 53.0 Å². The van der Waals surface area contributed by atoms with Gasteiger partial charge < -0.3 is 9.88 Å². The number of aromatic amines is 1. The van der Waals surface area contributed by atoms with Crippen LogP contribution in [0.1, 0.15) is 5.56 Å². The highest BCUT2D eigenvalue weighted by atomic mass is 19.1. The van der Waals surface area contributed by atoms with Crippen LogP contribution in [0, 0.1) is 5.82 Å². The second-order valence-corrected chi connectivity index (χ2v) is 8.11. The zero-order valence-electron chi connectivity index (χ0n) is 17.1. The van der Waals surface area contributed by atoms with Gasteiger partial charge in [0.1, 0.15) is 11.5 Å². The summed E-state index contributed by atoms with van der Waals surface area (Å²) in [5.74, 6) is -0.234. The second kappa shape index (κ2) is 8.01. The van der Waals surface area contributed by atoms with Gasteiger partial charge in [-0.2, -0.15) is 0 Å². The van der Waals surface area contributed by atoms with E-state index in [-0.39, 0.29) is 5.82 Å². The van der Waals surface area contributed by atoms with Gasteiger partial charge in [-0.3, -0.25) is 4.90 Å². The van der Waals surface area contributed by atoms with E-state index in [1.165, 1.54) is 11.6 Å². The van der Waals surface area contributed by atoms with E-state index in [0.717, 1.165) is 66.0 Å². The van der Waals surface area contributed by atoms with E-state index in [1.807, 2.05) is 18.5 Å². The van der Waals surface area contributed by atoms with Gasteiger partial charge in [0.05, 0.1) is 0 Å². The zero-order valence-corrected chi connectivity index (χ0v) is 17.1. The quantitative estimate of drug-likeness (QED) is 0.535. The van der Waals surface area contributed by atoms with Crippen molar-refractivity contribution < 1.29 is 4.39 Å². The molecule has 0 atom stereocenters. The van der Waals surface area contributed by atoms with Crippen molar-refractivity contribution in [1.29, 1.82) is 0 Å². The normalized spacial score (nSPS) is 15.7. The minimum absolute atomic E-state index is 0.234. The number of hydrogen-bond donors (Lipinski definition) is 1. The lowest BCUT2D eigenvalue weighted by Gasteiger charge is -2.32. The maximum Gasteiger partial charge on any atom is 0.137 e. The van der Waals surface area contributed by atoms with Crippen molar-refractivity contribution in [3.8, 4) is 22.3 Å². The van der Waals surface area contributed by atoms with Crippen molar-refractivity contribution in [3.63, 3.8) is 0 Å². The fourth-order valence-electron chi connectivity index (χ4n) is 4.12. The number of hydrogen-bond acceptors (Lipinski definition) is 3. The Hall–Kier alpha value is -3.02. The molecule has 0 unspecified atom stereocenters. The van der Waals surface area contributed by atoms with Crippen LogP contribution in [0.25, 0.3) is 33.3 Å². The molecule has 1 N–H and O–H groups in total. The molecular weight excluding hydrogens is 375 g/mol. The average molecular weight is 401 g/mol. The van der Waals surface area contributed by atoms with Crippen LogP contribution in [0.5, 0.6) is 0 Å². The molecule has 1 saturated heterocycles. The van der Waals surface area contributed by atoms with Gasteiger partial charge in [0.25, 0.3) is 0 Å². The van der Waals surface area contributed by atoms with Gasteiger partial charge in [-0.05, 0) is 41.9 Å². The van der Waals surface area contributed by atoms with Gasteiger partial charge in [0.2, 0.25) is 0 Å². The van der Waals surface area contributed by atoms with Gasteiger partial charge in [0.15, 0.2) is 0 Å². The van der Waals surface area contributed by atoms with Crippen molar-refractivity contribution in [1.82, 2.24) is 19.8 Å². The monoisotopic (exact) mass is 400 g/mol. The molecule has 152 valence electrons. The molecule has 0 radical (unpaired) electrons. The number of H-pyrrole nitrogens is 1. The SMILES string of the molecule is CN1CCN(Cc2ccc(-c3cnc4[nH]cc(-c5cccc(F)c5)c4c3)cc2)CC1. The van der Waals surface area contributed by atoms with Gasteiger partial charge in [-0.15, -0.1) is 0 Å². The summed E-state index contributed by atoms with van der Waals surface area (Å²) in [7, 11) is 2.18. The largest absolute Gasteiger partial charge is 0.346 e. The van der Waals surface area contributed by atoms with Crippen molar-refractivity contribution >= 4 is 11.0 Å². The van der Waals surface area contributed by atoms with E-state index < -0.39 is 0 Å². The first kappa shape index (κ1) is 19.0. The summed E-state index contributed by atoms with van der Waals surface area (Å²) < 4.78 is 13.7. The Bertz CT molecular complexity index is 1160. The van der Waals surface area contributed by atoms with Gasteiger partial charge in [-0.25, -0.2) is 9.37 Å². The Morgan fingerprint density at radius 3 is 2.50 bits per heavy atom. The second-order valence-electron chi connectivity index (χ2n) is 8.11. The summed E-state index contributed by atoms with van der Waals surface area (Å²) in [4.78, 5) is 12.7. The number of benzene rings is 2. The summed E-state index contributed by atoms with van der Waals surface area (Å²) >= 11 is 0. The number of piperazine rings is 1. The average Bonchev–Trinajstić information content (AvgIpc) is 3.19. The first-order chi connectivity index (χ1) is 14.7. The number of aromatic nitrogens is 2. The van der Waals surface area contributed by atoms with Crippen LogP contribution < -0.4 is 0 Å². The molecule has 0 saturated carbocycles. The summed E-state index contributed by atoms with van der Waals surface area (Å²) in [5, 5.41) is 1.000. The molecule has 3 heterocycles. The van der Waals surface area contributed by atoms with E-state index in [0.29, 0.717) is 0 Å². The van der Waals surface area contributed by atoms with E-state index in [9.17, 15) is 4.39 Å². The fraction of sp³-hybridized carbons (Fsp3) is 0.240. The molecule has 5 rings (SSSR count). The van der Waals surface area contributed by atoms with Crippen LogP contribution >= 0.6 is 0 Å². The highest BCUT2D eigenvalue weighted by molar-refractivity contribution is 5.95. The Balaban J connectivity index is 1.40. The van der Waals surface area contributed by atoms with Crippen LogP contribution in [0.2, 0.25) is 0 Å². The Morgan fingerprint density at radius 2 is 1.73 bits per heavy atom. The standard InChI is InChI=1S/C25H25FN4/c1-29-9-11-30(12-10-29)17-18-5-7-19(8-6-18)21-14-23-24(16-28-25(23)27-15-21)20-3-2-4-22(26)13-20/h2-8,13-16H,9-12,17H2,1H3,(H,27,28). The third-order valence-electron chi connectivity index (χ3n) is 5.96. The number of nitrogens with zero attached hydrogens (tertiary/aromatic N) is 3. The van der Waals surface area contributed by atoms with Crippen LogP contribution in [-0.2, 0) is 6.54 Å². The molecule has 0 amide bonds. The minimum Gasteiger partial charge on any atom is -0.346 e. The number of halogens is 1. The minimum atomic E-state index is -0.234. The van der Waals surface area contributed by atoms with Crippen LogP contribution in [0.3, 0.4) is 0 Å². The van der Waals surface area contributed by atoms with Gasteiger partial charge >= 0.3 is 0 Å². The third-order valence-corrected chi connectivity index (χ3v) is 5.96. The number of likely N-dealkylation sites (N-methyl/N-ethyl adjacent to an activating group) is 1. The molecule has 2 aromatic heterocycles. The van der Waals surface area contributed by atoms with Gasteiger partial charge in [0, 0.05) is 61.6 Å². The molecule has 0 spiro atoms. The molecule has 30 heavy (non-hydrogen) atoms. The molecule has 1 fully saturated rings. The molecular formula is C25H25FN4. The maximum absolute atomic E-state index is 13.7. The fourth-order valence-corrected chi connectivity index (χ4v) is 4.12. The number of rotatable bonds is 4. The van der Waals surface area contributed by atoms with Crippen LogP contribution in [0.15, 0.2) is 67.0 Å². The first-order valence-electron chi connectivity index (χ1n) is 10.4. The Labute approximate surface area is 176 Å². The topological polar surface area (TPSA) is 35.2 Å². The highest BCUT2D eigenvalue weighted by Gasteiger charge is 2.14. The summed E-state index contributed by atoms with van der Waals surface area (Å²) in [6.07, 6.45) is 3.79. The lowest BCUT2D eigenvalue weighted by Crippen LogP contribution is -2.43. The lowest BCUT2D eigenvalue weighted by molar-refractivity contribution is 0.148. The molecule has 0 bridgehead atoms. The predicted molar refractivity (Wildman–Crippen MR) is 120 cm³/mol. The molecule has 0 aliphatic carbocycles. The lowest BCUT2D eigenvalue weighted by atomic mass is 10.0. The number of pyridine rings is 1. The summed E-state index contributed by atoms with van der Waals surface area (Å²) in [5.41, 5.74) is 6.15. The molecule has 5 heteroatoms. The first-order valence-corrected chi connectivity index (χ1v) is 10.4.